The number of nitrogens with zero attached hydrogens (tertiary/aromatic N) is 3. The smallest absolute Gasteiger partial charge is 0.121 e. The van der Waals surface area contributed by atoms with Crippen molar-refractivity contribution in [1.82, 2.24) is 5.32 Å². The molecule has 0 bridgehead atoms. The Bertz CT molecular complexity index is 1070. The summed E-state index contributed by atoms with van der Waals surface area (Å²) in [6, 6.07) is 12.2. The van der Waals surface area contributed by atoms with Crippen LogP contribution in [-0.4, -0.2) is 53.3 Å². The van der Waals surface area contributed by atoms with Crippen molar-refractivity contribution in [2.24, 2.45) is 0 Å². The van der Waals surface area contributed by atoms with Gasteiger partial charge >= 0.3 is 0 Å². The Morgan fingerprint density at radius 3 is 2.69 bits per heavy atom. The summed E-state index contributed by atoms with van der Waals surface area (Å²) in [7, 11) is 5.68. The van der Waals surface area contributed by atoms with Crippen LogP contribution >= 0.6 is 0 Å². The zero-order valence-electron chi connectivity index (χ0n) is 18.7. The number of carbonyl (C=O) groups excluding carboxylic acids is 1. The van der Waals surface area contributed by atoms with E-state index >= 15 is 0 Å². The summed E-state index contributed by atoms with van der Waals surface area (Å²) in [6.07, 6.45) is 4.30. The van der Waals surface area contributed by atoms with E-state index in [-0.39, 0.29) is 0 Å². The van der Waals surface area contributed by atoms with Gasteiger partial charge < -0.3 is 36.0 Å². The van der Waals surface area contributed by atoms with Crippen LogP contribution in [0.4, 0.5) is 28.4 Å². The Balaban J connectivity index is 2.17. The number of carbonyl (C=O) groups is 1. The van der Waals surface area contributed by atoms with Crippen LogP contribution in [0.15, 0.2) is 36.5 Å². The van der Waals surface area contributed by atoms with Gasteiger partial charge in [0.05, 0.1) is 40.1 Å². The zero-order valence-corrected chi connectivity index (χ0v) is 18.7. The average Bonchev–Trinajstić information content (AvgIpc) is 2.82. The molecule has 0 amide bonds. The molecule has 8 nitrogen and oxygen atoms in total. The quantitative estimate of drug-likeness (QED) is 0.274. The molecule has 0 saturated carbocycles. The molecule has 0 unspecified atom stereocenters. The van der Waals surface area contributed by atoms with Crippen LogP contribution in [0.1, 0.15) is 17.5 Å². The number of hydrogen-bond donors (Lipinski definition) is 4. The highest BCUT2D eigenvalue weighted by Crippen LogP contribution is 2.44. The Labute approximate surface area is 189 Å². The second kappa shape index (κ2) is 10.4. The predicted molar refractivity (Wildman–Crippen MR) is 132 cm³/mol. The second-order valence-electron chi connectivity index (χ2n) is 7.44. The normalized spacial score (nSPS) is 13.1. The number of allylic oxidation sites excluding steroid dienone is 1. The molecule has 8 heteroatoms. The van der Waals surface area contributed by atoms with Gasteiger partial charge in [-0.25, -0.2) is 0 Å². The first kappa shape index (κ1) is 22.7. The number of hydrogen-bond acceptors (Lipinski definition) is 8. The Morgan fingerprint density at radius 1 is 1.22 bits per heavy atom. The Morgan fingerprint density at radius 2 is 2.03 bits per heavy atom. The van der Waals surface area contributed by atoms with Crippen molar-refractivity contribution in [3.63, 3.8) is 0 Å². The summed E-state index contributed by atoms with van der Waals surface area (Å²) in [4.78, 5) is 15.2. The molecule has 0 saturated heterocycles. The van der Waals surface area contributed by atoms with E-state index in [0.717, 1.165) is 53.4 Å². The van der Waals surface area contributed by atoms with Crippen LogP contribution in [0.2, 0.25) is 0 Å². The average molecular weight is 432 g/mol. The van der Waals surface area contributed by atoms with Crippen molar-refractivity contribution in [2.75, 3.05) is 61.2 Å². The molecule has 1 aliphatic rings. The number of anilines is 5. The largest absolute Gasteiger partial charge is 0.393 e. The Kier molecular flexibility index (Phi) is 7.34. The molecule has 32 heavy (non-hydrogen) atoms. The molecular weight excluding hydrogens is 402 g/mol. The third-order valence-corrected chi connectivity index (χ3v) is 5.53. The van der Waals surface area contributed by atoms with Gasteiger partial charge in [0.15, 0.2) is 0 Å². The second-order valence-corrected chi connectivity index (χ2v) is 7.44. The van der Waals surface area contributed by atoms with Gasteiger partial charge in [0, 0.05) is 70.7 Å². The lowest BCUT2D eigenvalue weighted by Crippen LogP contribution is -2.37. The molecule has 0 aromatic heterocycles. The monoisotopic (exact) mass is 431 g/mol. The maximum absolute atomic E-state index is 10.8. The van der Waals surface area contributed by atoms with Gasteiger partial charge in [-0.2, -0.15) is 5.26 Å². The first-order valence-corrected chi connectivity index (χ1v) is 10.5. The van der Waals surface area contributed by atoms with Crippen LogP contribution in [-0.2, 0) is 4.79 Å². The summed E-state index contributed by atoms with van der Waals surface area (Å²) in [6.45, 7) is 2.08. The molecule has 1 heterocycles. The van der Waals surface area contributed by atoms with Crippen LogP contribution in [0.25, 0.3) is 5.57 Å². The van der Waals surface area contributed by atoms with E-state index in [1.807, 2.05) is 44.4 Å². The summed E-state index contributed by atoms with van der Waals surface area (Å²) in [5.41, 5.74) is 6.63. The third-order valence-electron chi connectivity index (χ3n) is 5.53. The van der Waals surface area contributed by atoms with Crippen LogP contribution in [0, 0.1) is 16.7 Å². The fourth-order valence-corrected chi connectivity index (χ4v) is 3.94. The molecule has 2 aromatic carbocycles. The van der Waals surface area contributed by atoms with Gasteiger partial charge in [0.25, 0.3) is 0 Å². The van der Waals surface area contributed by atoms with Gasteiger partial charge in [0.2, 0.25) is 0 Å². The van der Waals surface area contributed by atoms with Gasteiger partial charge in [-0.1, -0.05) is 6.07 Å². The predicted octanol–water partition coefficient (Wildman–Crippen LogP) is 3.40. The first-order chi connectivity index (χ1) is 15.6. The van der Waals surface area contributed by atoms with Crippen molar-refractivity contribution in [3.8, 4) is 6.07 Å². The number of nitriles is 1. The number of nitrogens with one attached hydrogen (secondary N) is 4. The van der Waals surface area contributed by atoms with Gasteiger partial charge in [-0.05, 0) is 24.3 Å². The number of benzene rings is 2. The fraction of sp³-hybridized carbons (Fsp3) is 0.292. The minimum atomic E-state index is 0.420. The highest BCUT2D eigenvalue weighted by molar-refractivity contribution is 6.10. The lowest BCUT2D eigenvalue weighted by molar-refractivity contribution is -0.107. The van der Waals surface area contributed by atoms with Crippen LogP contribution in [0.3, 0.4) is 0 Å². The van der Waals surface area contributed by atoms with E-state index in [4.69, 9.17) is 5.41 Å². The van der Waals surface area contributed by atoms with E-state index in [1.54, 1.807) is 13.2 Å². The minimum Gasteiger partial charge on any atom is -0.393 e. The first-order valence-electron chi connectivity index (χ1n) is 10.5. The van der Waals surface area contributed by atoms with E-state index < -0.39 is 0 Å². The molecule has 0 aliphatic carbocycles. The number of fused-ring (bicyclic) bond motifs is 1. The summed E-state index contributed by atoms with van der Waals surface area (Å²) < 4.78 is 0. The Hall–Kier alpha value is -3.99. The third kappa shape index (κ3) is 4.37. The number of rotatable bonds is 9. The van der Waals surface area contributed by atoms with Crippen molar-refractivity contribution in [1.29, 1.82) is 10.7 Å². The summed E-state index contributed by atoms with van der Waals surface area (Å²) in [5, 5.41) is 27.2. The molecular formula is C24H29N7O. The van der Waals surface area contributed by atoms with Gasteiger partial charge in [-0.15, -0.1) is 0 Å². The number of likely N-dealkylation sites (N-methyl/N-ethyl adjacent to an activating group) is 1. The molecule has 0 radical (unpaired) electrons. The maximum Gasteiger partial charge on any atom is 0.121 e. The SMILES string of the molecule is CN/C=C(\C=N)c1cc2c(cc1C#N)N(c1cccc(NC)c1NCCC=O)CCN2C. The maximum atomic E-state index is 10.8. The number of aldehydes is 1. The molecule has 0 spiro atoms. The lowest BCUT2D eigenvalue weighted by Gasteiger charge is -2.38. The van der Waals surface area contributed by atoms with Crippen molar-refractivity contribution in [3.05, 3.63) is 47.7 Å². The standard InChI is InChI=1S/C24H29N7O/c1-27-16-18(15-26)19-13-22-23(12-17(19)14-25)31(10-9-30(22)3)21-7-4-6-20(28-2)24(21)29-8-5-11-32/h4,6-7,11-13,15-16,26-29H,5,8-10H2,1-3H3/b18-16+,26-15?. The lowest BCUT2D eigenvalue weighted by atomic mass is 9.97. The summed E-state index contributed by atoms with van der Waals surface area (Å²) >= 11 is 0. The van der Waals surface area contributed by atoms with Gasteiger partial charge in [-0.3, -0.25) is 0 Å². The van der Waals surface area contributed by atoms with E-state index in [0.29, 0.717) is 24.1 Å². The van der Waals surface area contributed by atoms with E-state index in [1.165, 1.54) is 6.21 Å². The van der Waals surface area contributed by atoms with Gasteiger partial charge in [0.1, 0.15) is 6.29 Å². The van der Waals surface area contributed by atoms with E-state index in [2.05, 4.69) is 31.8 Å². The molecule has 4 N–H and O–H groups in total. The molecule has 166 valence electrons. The minimum absolute atomic E-state index is 0.420. The summed E-state index contributed by atoms with van der Waals surface area (Å²) in [5.74, 6) is 0. The molecule has 0 atom stereocenters. The van der Waals surface area contributed by atoms with Crippen molar-refractivity contribution >= 4 is 46.5 Å². The molecule has 2 aromatic rings. The van der Waals surface area contributed by atoms with E-state index in [9.17, 15) is 10.1 Å². The fourth-order valence-electron chi connectivity index (χ4n) is 3.94. The number of para-hydroxylation sites is 1. The van der Waals surface area contributed by atoms with Crippen LogP contribution in [0.5, 0.6) is 0 Å². The molecule has 1 aliphatic heterocycles. The highest BCUT2D eigenvalue weighted by Gasteiger charge is 2.26. The zero-order chi connectivity index (χ0) is 23.1. The van der Waals surface area contributed by atoms with Crippen LogP contribution < -0.4 is 25.8 Å². The highest BCUT2D eigenvalue weighted by atomic mass is 16.1. The topological polar surface area (TPSA) is 107 Å². The molecule has 0 fully saturated rings. The molecule has 3 rings (SSSR count). The van der Waals surface area contributed by atoms with Crippen molar-refractivity contribution in [2.45, 2.75) is 6.42 Å². The van der Waals surface area contributed by atoms with Crippen molar-refractivity contribution < 1.29 is 4.79 Å².